The van der Waals surface area contributed by atoms with Crippen LogP contribution in [0.2, 0.25) is 0 Å². The molecule has 3 aliphatic carbocycles. The summed E-state index contributed by atoms with van der Waals surface area (Å²) in [6.45, 7) is 32.9. The zero-order valence-electron chi connectivity index (χ0n) is 35.9. The molecule has 0 saturated carbocycles. The van der Waals surface area contributed by atoms with Crippen LogP contribution in [-0.2, 0) is 0 Å². The van der Waals surface area contributed by atoms with E-state index in [9.17, 15) is 0 Å². The Labute approximate surface area is 352 Å². The SMILES string of the molecule is C=C/C=C\C(N)c1cccc(C(=C)/C=C(/C2=CC(C)=C(/C=C\C)C3C=CC=CC2C3)C(C)C(C)C(C=C)CC(=C)C2=C\C=C/C=C\C=C(C(=C)C)\C=C\CCC=C2)c1. The van der Waals surface area contributed by atoms with E-state index in [4.69, 9.17) is 5.73 Å². The van der Waals surface area contributed by atoms with Gasteiger partial charge < -0.3 is 5.73 Å². The highest BCUT2D eigenvalue weighted by Crippen LogP contribution is 2.44. The van der Waals surface area contributed by atoms with Crippen LogP contribution >= 0.6 is 0 Å². The van der Waals surface area contributed by atoms with Crippen LogP contribution in [0.25, 0.3) is 5.57 Å². The first kappa shape index (κ1) is 45.2. The minimum absolute atomic E-state index is 0.182. The first-order chi connectivity index (χ1) is 28.0. The fraction of sp³-hybridized carbons (Fsp3) is 0.263. The summed E-state index contributed by atoms with van der Waals surface area (Å²) < 4.78 is 0. The van der Waals surface area contributed by atoms with Crippen LogP contribution in [-0.4, -0.2) is 0 Å². The van der Waals surface area contributed by atoms with Crippen molar-refractivity contribution in [2.45, 2.75) is 66.3 Å². The van der Waals surface area contributed by atoms with Gasteiger partial charge in [-0.25, -0.2) is 0 Å². The molecule has 300 valence electrons. The van der Waals surface area contributed by atoms with Gasteiger partial charge in [0.2, 0.25) is 0 Å². The summed E-state index contributed by atoms with van der Waals surface area (Å²) in [7, 11) is 0. The van der Waals surface area contributed by atoms with E-state index in [1.807, 2.05) is 19.1 Å². The van der Waals surface area contributed by atoms with Crippen molar-refractivity contribution in [3.05, 3.63) is 247 Å². The smallest absolute Gasteiger partial charge is 0.0484 e. The van der Waals surface area contributed by atoms with E-state index in [0.717, 1.165) is 64.7 Å². The van der Waals surface area contributed by atoms with Gasteiger partial charge in [0, 0.05) is 17.9 Å². The van der Waals surface area contributed by atoms with Gasteiger partial charge in [-0.15, -0.1) is 6.58 Å². The minimum atomic E-state index is -0.229. The largest absolute Gasteiger partial charge is 0.321 e. The molecule has 6 atom stereocenters. The van der Waals surface area contributed by atoms with Gasteiger partial charge in [-0.3, -0.25) is 0 Å². The molecule has 0 radical (unpaired) electrons. The standard InChI is InChI=1S/C57H67N/c1-11-14-35-57(58)53-34-25-33-50(39-53)43(7)37-55(56-38-44(8)54(26-12-2)51-31-23-24-32-52(56)40-51)46(10)45(9)47(13-3)36-42(6)49-29-21-17-15-19-27-48(41(4)5)28-20-16-18-22-30-49/h11-15,17,19-35,37-39,45-47,51-52,57H,1,3-4,6-7,16,18,36,40,58H2,2,5,8-10H3/b19-15-,21-17-,26-12-,28-20+,30-22?,35-14-,48-27-,49-29?,55-37+. The molecule has 0 spiro atoms. The number of fused-ring (bicyclic) bond motifs is 2. The highest BCUT2D eigenvalue weighted by atomic mass is 14.6. The lowest BCUT2D eigenvalue weighted by molar-refractivity contribution is 0.337. The maximum atomic E-state index is 6.56. The summed E-state index contributed by atoms with van der Waals surface area (Å²) in [5, 5.41) is 0. The molecule has 1 nitrogen and oxygen atoms in total. The third kappa shape index (κ3) is 12.8. The highest BCUT2D eigenvalue weighted by Gasteiger charge is 2.31. The number of allylic oxidation sites excluding steroid dienone is 30. The van der Waals surface area contributed by atoms with Crippen molar-refractivity contribution in [3.63, 3.8) is 0 Å². The number of benzene rings is 1. The van der Waals surface area contributed by atoms with Gasteiger partial charge >= 0.3 is 0 Å². The van der Waals surface area contributed by atoms with Gasteiger partial charge in [0.1, 0.15) is 0 Å². The molecular weight excluding hydrogens is 699 g/mol. The molecule has 4 rings (SSSR count). The first-order valence-electron chi connectivity index (χ1n) is 21.0. The van der Waals surface area contributed by atoms with Crippen molar-refractivity contribution in [1.29, 1.82) is 0 Å². The van der Waals surface area contributed by atoms with Gasteiger partial charge in [0.05, 0.1) is 0 Å². The topological polar surface area (TPSA) is 26.0 Å². The van der Waals surface area contributed by atoms with Crippen molar-refractivity contribution in [1.82, 2.24) is 0 Å². The van der Waals surface area contributed by atoms with Crippen LogP contribution < -0.4 is 5.73 Å². The van der Waals surface area contributed by atoms with E-state index < -0.39 is 0 Å². The average molecular weight is 766 g/mol. The Balaban J connectivity index is 1.74. The average Bonchev–Trinajstić information content (AvgIpc) is 3.54. The zero-order valence-corrected chi connectivity index (χ0v) is 35.9. The molecule has 6 unspecified atom stereocenters. The molecule has 0 amide bonds. The van der Waals surface area contributed by atoms with Gasteiger partial charge in [-0.1, -0.05) is 198 Å². The molecule has 0 fully saturated rings. The summed E-state index contributed by atoms with van der Waals surface area (Å²) in [5.74, 6) is 1.23. The third-order valence-electron chi connectivity index (χ3n) is 11.7. The molecule has 0 aromatic heterocycles. The van der Waals surface area contributed by atoms with Crippen molar-refractivity contribution < 1.29 is 0 Å². The Hall–Kier alpha value is -5.50. The predicted octanol–water partition coefficient (Wildman–Crippen LogP) is 15.4. The van der Waals surface area contributed by atoms with Crippen LogP contribution in [0.15, 0.2) is 235 Å². The Morgan fingerprint density at radius 1 is 0.897 bits per heavy atom. The van der Waals surface area contributed by atoms with Crippen molar-refractivity contribution in [3.8, 4) is 0 Å². The molecular formula is C57H67N. The molecule has 0 aliphatic heterocycles. The summed E-state index contributed by atoms with van der Waals surface area (Å²) in [6.07, 6.45) is 51.5. The maximum Gasteiger partial charge on any atom is 0.0484 e. The fourth-order valence-corrected chi connectivity index (χ4v) is 7.97. The number of rotatable bonds is 15. The molecule has 2 bridgehead atoms. The molecule has 58 heavy (non-hydrogen) atoms. The van der Waals surface area contributed by atoms with Crippen LogP contribution in [0.3, 0.4) is 0 Å². The van der Waals surface area contributed by atoms with E-state index in [0.29, 0.717) is 5.92 Å². The lowest BCUT2D eigenvalue weighted by atomic mass is 9.72. The summed E-state index contributed by atoms with van der Waals surface area (Å²) in [6, 6.07) is 8.24. The predicted molar refractivity (Wildman–Crippen MR) is 258 cm³/mol. The highest BCUT2D eigenvalue weighted by molar-refractivity contribution is 5.75. The van der Waals surface area contributed by atoms with E-state index in [1.165, 1.54) is 22.3 Å². The second kappa shape index (κ2) is 23.0. The molecule has 0 saturated heterocycles. The van der Waals surface area contributed by atoms with Gasteiger partial charge in [0.25, 0.3) is 0 Å². The lowest BCUT2D eigenvalue weighted by Gasteiger charge is -2.33. The fourth-order valence-electron chi connectivity index (χ4n) is 7.97. The van der Waals surface area contributed by atoms with Crippen molar-refractivity contribution >= 4 is 5.57 Å². The van der Waals surface area contributed by atoms with Crippen LogP contribution in [0, 0.1) is 29.6 Å². The Kier molecular flexibility index (Phi) is 18.0. The van der Waals surface area contributed by atoms with Gasteiger partial charge in [-0.05, 0) is 126 Å². The Morgan fingerprint density at radius 3 is 2.22 bits per heavy atom. The molecule has 0 heterocycles. The normalized spacial score (nSPS) is 23.6. The Bertz CT molecular complexity index is 2090. The van der Waals surface area contributed by atoms with Crippen molar-refractivity contribution in [2.75, 3.05) is 0 Å². The molecule has 1 heteroatoms. The second-order valence-corrected chi connectivity index (χ2v) is 15.9. The number of hydrogen-bond donors (Lipinski definition) is 1. The Morgan fingerprint density at radius 2 is 1.57 bits per heavy atom. The van der Waals surface area contributed by atoms with Gasteiger partial charge in [0.15, 0.2) is 0 Å². The van der Waals surface area contributed by atoms with Crippen LogP contribution in [0.1, 0.15) is 77.5 Å². The third-order valence-corrected chi connectivity index (χ3v) is 11.7. The van der Waals surface area contributed by atoms with Crippen LogP contribution in [0.5, 0.6) is 0 Å². The number of nitrogens with two attached hydrogens (primary N) is 1. The van der Waals surface area contributed by atoms with Crippen LogP contribution in [0.4, 0.5) is 0 Å². The lowest BCUT2D eigenvalue weighted by Crippen LogP contribution is -2.22. The summed E-state index contributed by atoms with van der Waals surface area (Å²) >= 11 is 0. The molecule has 3 aliphatic rings. The van der Waals surface area contributed by atoms with E-state index >= 15 is 0 Å². The monoisotopic (exact) mass is 766 g/mol. The molecule has 1 aromatic rings. The maximum absolute atomic E-state index is 6.56. The summed E-state index contributed by atoms with van der Waals surface area (Å²) in [5.41, 5.74) is 19.5. The van der Waals surface area contributed by atoms with Gasteiger partial charge in [-0.2, -0.15) is 0 Å². The van der Waals surface area contributed by atoms with E-state index in [1.54, 1.807) is 6.08 Å². The second-order valence-electron chi connectivity index (χ2n) is 15.9. The molecule has 2 N–H and O–H groups in total. The van der Waals surface area contributed by atoms with Crippen molar-refractivity contribution in [2.24, 2.45) is 35.3 Å². The first-order valence-corrected chi connectivity index (χ1v) is 21.0. The summed E-state index contributed by atoms with van der Waals surface area (Å²) in [4.78, 5) is 0. The minimum Gasteiger partial charge on any atom is -0.321 e. The quantitative estimate of drug-likeness (QED) is 0.140. The van der Waals surface area contributed by atoms with E-state index in [-0.39, 0.29) is 29.7 Å². The molecule has 1 aromatic carbocycles. The zero-order chi connectivity index (χ0) is 42.0. The van der Waals surface area contributed by atoms with E-state index in [2.05, 4.69) is 200 Å². The number of hydrogen-bond acceptors (Lipinski definition) is 1.